The molecule has 1 unspecified atom stereocenters. The van der Waals surface area contributed by atoms with Crippen molar-refractivity contribution >= 4 is 21.8 Å². The maximum absolute atomic E-state index is 11.9. The molecule has 0 heterocycles. The predicted octanol–water partition coefficient (Wildman–Crippen LogP) is -1.78. The average Bonchev–Trinajstić information content (AvgIpc) is 2.35. The molecule has 20 heavy (non-hydrogen) atoms. The normalized spacial score (nSPS) is 12.9. The number of hydrogen-bond donors (Lipinski definition) is 4. The van der Waals surface area contributed by atoms with Crippen molar-refractivity contribution in [3.63, 3.8) is 0 Å². The molecule has 0 aliphatic carbocycles. The molecule has 2 amide bonds. The quantitative estimate of drug-likeness (QED) is 0.489. The first-order chi connectivity index (χ1) is 9.15. The van der Waals surface area contributed by atoms with Gasteiger partial charge in [-0.3, -0.25) is 9.59 Å². The van der Waals surface area contributed by atoms with E-state index in [4.69, 9.17) is 16.6 Å². The lowest BCUT2D eigenvalue weighted by Crippen LogP contribution is -2.40. The van der Waals surface area contributed by atoms with Crippen LogP contribution in [-0.4, -0.2) is 38.0 Å². The molecule has 1 rings (SSSR count). The lowest BCUT2D eigenvalue weighted by atomic mass is 10.1. The number of carbonyl (C=O) groups excluding carboxylic acids is 2. The molecule has 6 N–H and O–H groups in total. The number of aliphatic hydroxyl groups excluding tert-OH is 1. The first-order valence-corrected chi connectivity index (χ1v) is 7.01. The fraction of sp³-hybridized carbons (Fsp3) is 0.273. The summed E-state index contributed by atoms with van der Waals surface area (Å²) in [5, 5.41) is 9.15. The van der Waals surface area contributed by atoms with Crippen LogP contribution in [0.5, 0.6) is 0 Å². The van der Waals surface area contributed by atoms with E-state index < -0.39 is 34.5 Å². The molecule has 0 aromatic heterocycles. The average molecular weight is 301 g/mol. The second kappa shape index (κ2) is 5.99. The van der Waals surface area contributed by atoms with Gasteiger partial charge in [0, 0.05) is 12.1 Å². The van der Waals surface area contributed by atoms with Crippen LogP contribution in [0.4, 0.5) is 0 Å². The Morgan fingerprint density at radius 1 is 1.35 bits per heavy atom. The van der Waals surface area contributed by atoms with Crippen molar-refractivity contribution in [1.82, 2.24) is 4.72 Å². The molecule has 0 aliphatic rings. The molecule has 0 fully saturated rings. The number of benzene rings is 1. The van der Waals surface area contributed by atoms with Gasteiger partial charge in [-0.25, -0.2) is 13.1 Å². The van der Waals surface area contributed by atoms with Crippen LogP contribution in [0.2, 0.25) is 0 Å². The van der Waals surface area contributed by atoms with Crippen molar-refractivity contribution in [3.05, 3.63) is 29.3 Å². The maximum Gasteiger partial charge on any atom is 0.249 e. The van der Waals surface area contributed by atoms with Crippen molar-refractivity contribution in [2.24, 2.45) is 11.5 Å². The highest BCUT2D eigenvalue weighted by atomic mass is 32.2. The molecular weight excluding hydrogens is 286 g/mol. The highest BCUT2D eigenvalue weighted by molar-refractivity contribution is 7.89. The van der Waals surface area contributed by atoms with Crippen LogP contribution in [0.1, 0.15) is 15.9 Å². The molecule has 0 saturated heterocycles. The SMILES string of the molecule is Cc1ccc(S(=O)(=O)NCC(O)C(N)=O)cc1C(N)=O. The fourth-order valence-electron chi connectivity index (χ4n) is 1.41. The van der Waals surface area contributed by atoms with Crippen molar-refractivity contribution in [2.75, 3.05) is 6.54 Å². The van der Waals surface area contributed by atoms with Gasteiger partial charge in [0.1, 0.15) is 6.10 Å². The fourth-order valence-corrected chi connectivity index (χ4v) is 2.47. The molecule has 1 aromatic carbocycles. The van der Waals surface area contributed by atoms with E-state index in [0.717, 1.165) is 6.07 Å². The van der Waals surface area contributed by atoms with Gasteiger partial charge in [0.15, 0.2) is 0 Å². The van der Waals surface area contributed by atoms with E-state index in [1.165, 1.54) is 12.1 Å². The molecule has 9 heteroatoms. The Labute approximate surface area is 115 Å². The lowest BCUT2D eigenvalue weighted by molar-refractivity contribution is -0.125. The third-order valence-electron chi connectivity index (χ3n) is 2.58. The van der Waals surface area contributed by atoms with E-state index in [2.05, 4.69) is 0 Å². The number of carbonyl (C=O) groups is 2. The van der Waals surface area contributed by atoms with Crippen molar-refractivity contribution in [2.45, 2.75) is 17.9 Å². The van der Waals surface area contributed by atoms with Gasteiger partial charge in [0.25, 0.3) is 0 Å². The summed E-state index contributed by atoms with van der Waals surface area (Å²) in [6.45, 7) is 1.05. The Morgan fingerprint density at radius 3 is 2.45 bits per heavy atom. The Balaban J connectivity index is 3.01. The number of hydrogen-bond acceptors (Lipinski definition) is 5. The molecular formula is C11H15N3O5S. The van der Waals surface area contributed by atoms with Gasteiger partial charge >= 0.3 is 0 Å². The minimum absolute atomic E-state index is 0.0725. The number of aryl methyl sites for hydroxylation is 1. The largest absolute Gasteiger partial charge is 0.382 e. The summed E-state index contributed by atoms with van der Waals surface area (Å²) in [4.78, 5) is 21.6. The zero-order valence-electron chi connectivity index (χ0n) is 10.7. The summed E-state index contributed by atoms with van der Waals surface area (Å²) >= 11 is 0. The van der Waals surface area contributed by atoms with Crippen LogP contribution in [0.3, 0.4) is 0 Å². The van der Waals surface area contributed by atoms with Crippen LogP contribution in [0.25, 0.3) is 0 Å². The zero-order valence-corrected chi connectivity index (χ0v) is 11.5. The van der Waals surface area contributed by atoms with Crippen LogP contribution in [0.15, 0.2) is 23.1 Å². The molecule has 0 radical (unpaired) electrons. The van der Waals surface area contributed by atoms with E-state index in [0.29, 0.717) is 5.56 Å². The molecule has 0 saturated carbocycles. The van der Waals surface area contributed by atoms with Crippen LogP contribution in [-0.2, 0) is 14.8 Å². The Morgan fingerprint density at radius 2 is 1.95 bits per heavy atom. The van der Waals surface area contributed by atoms with E-state index in [1.807, 2.05) is 4.72 Å². The third kappa shape index (κ3) is 3.76. The van der Waals surface area contributed by atoms with Gasteiger partial charge < -0.3 is 16.6 Å². The van der Waals surface area contributed by atoms with E-state index in [1.54, 1.807) is 6.92 Å². The first kappa shape index (κ1) is 16.1. The van der Waals surface area contributed by atoms with E-state index in [9.17, 15) is 18.0 Å². The highest BCUT2D eigenvalue weighted by Gasteiger charge is 2.20. The summed E-state index contributed by atoms with van der Waals surface area (Å²) in [5.41, 5.74) is 10.5. The maximum atomic E-state index is 11.9. The van der Waals surface area contributed by atoms with E-state index >= 15 is 0 Å². The number of amides is 2. The second-order valence-corrected chi connectivity index (χ2v) is 5.88. The molecule has 8 nitrogen and oxygen atoms in total. The van der Waals surface area contributed by atoms with Crippen LogP contribution >= 0.6 is 0 Å². The van der Waals surface area contributed by atoms with E-state index in [-0.39, 0.29) is 10.5 Å². The molecule has 0 bridgehead atoms. The van der Waals surface area contributed by atoms with Gasteiger partial charge in [0.05, 0.1) is 4.90 Å². The Kier molecular flexibility index (Phi) is 4.82. The number of rotatable bonds is 6. The minimum Gasteiger partial charge on any atom is -0.382 e. The number of aliphatic hydroxyl groups is 1. The summed E-state index contributed by atoms with van der Waals surface area (Å²) in [6.07, 6.45) is -1.63. The number of nitrogens with one attached hydrogen (secondary N) is 1. The smallest absolute Gasteiger partial charge is 0.249 e. The van der Waals surface area contributed by atoms with Gasteiger partial charge in [-0.15, -0.1) is 0 Å². The van der Waals surface area contributed by atoms with Gasteiger partial charge in [-0.2, -0.15) is 0 Å². The van der Waals surface area contributed by atoms with Gasteiger partial charge in [-0.1, -0.05) is 6.07 Å². The standard InChI is InChI=1S/C11H15N3O5S/c1-6-2-3-7(4-8(6)10(12)16)20(18,19)14-5-9(15)11(13)17/h2-4,9,14-15H,5H2,1H3,(H2,12,16)(H2,13,17). The zero-order chi connectivity index (χ0) is 15.5. The van der Waals surface area contributed by atoms with Crippen molar-refractivity contribution in [3.8, 4) is 0 Å². The van der Waals surface area contributed by atoms with Crippen LogP contribution < -0.4 is 16.2 Å². The van der Waals surface area contributed by atoms with Crippen molar-refractivity contribution in [1.29, 1.82) is 0 Å². The van der Waals surface area contributed by atoms with Crippen molar-refractivity contribution < 1.29 is 23.1 Å². The third-order valence-corrected chi connectivity index (χ3v) is 4.00. The molecule has 1 aromatic rings. The number of sulfonamides is 1. The second-order valence-electron chi connectivity index (χ2n) is 4.11. The number of nitrogens with two attached hydrogens (primary N) is 2. The Hall–Kier alpha value is -1.97. The van der Waals surface area contributed by atoms with Gasteiger partial charge in [0.2, 0.25) is 21.8 Å². The molecule has 0 aliphatic heterocycles. The summed E-state index contributed by atoms with van der Waals surface area (Å²) in [7, 11) is -3.99. The van der Waals surface area contributed by atoms with Crippen LogP contribution in [0, 0.1) is 6.92 Å². The lowest BCUT2D eigenvalue weighted by Gasteiger charge is -2.11. The molecule has 110 valence electrons. The Bertz CT molecular complexity index is 641. The topological polar surface area (TPSA) is 153 Å². The minimum atomic E-state index is -3.99. The monoisotopic (exact) mass is 301 g/mol. The first-order valence-electron chi connectivity index (χ1n) is 5.52. The molecule has 1 atom stereocenters. The molecule has 0 spiro atoms. The summed E-state index contributed by atoms with van der Waals surface area (Å²) in [6, 6.07) is 3.83. The predicted molar refractivity (Wildman–Crippen MR) is 70.1 cm³/mol. The van der Waals surface area contributed by atoms with Gasteiger partial charge in [-0.05, 0) is 24.6 Å². The highest BCUT2D eigenvalue weighted by Crippen LogP contribution is 2.15. The number of primary amides is 2. The summed E-state index contributed by atoms with van der Waals surface area (Å²) < 4.78 is 25.8. The summed E-state index contributed by atoms with van der Waals surface area (Å²) in [5.74, 6) is -1.80.